The smallest absolute Gasteiger partial charge is 0.316 e. The molecule has 2 aromatic rings. The molecule has 0 aliphatic carbocycles. The Morgan fingerprint density at radius 2 is 1.61 bits per heavy atom. The van der Waals surface area contributed by atoms with Crippen molar-refractivity contribution < 1.29 is 13.2 Å². The predicted octanol–water partition coefficient (Wildman–Crippen LogP) is 0.779. The summed E-state index contributed by atoms with van der Waals surface area (Å²) in [7, 11) is 0. The Bertz CT molecular complexity index is 702. The van der Waals surface area contributed by atoms with Crippen LogP contribution >= 0.6 is 0 Å². The third-order valence-corrected chi connectivity index (χ3v) is 2.46. The molecular formula is C10H8F3N3O2. The Kier molecular flexibility index (Phi) is 2.74. The first-order valence-electron chi connectivity index (χ1n) is 4.87. The summed E-state index contributed by atoms with van der Waals surface area (Å²) in [6, 6.07) is 1.35. The topological polar surface area (TPSA) is 91.7 Å². The highest BCUT2D eigenvalue weighted by Crippen LogP contribution is 2.30. The SMILES string of the molecule is NC(c1ccc2[nH]c(=O)c(=O)[nH]c2c1)C(F)(F)F. The van der Waals surface area contributed by atoms with Crippen molar-refractivity contribution in [2.45, 2.75) is 12.2 Å². The fraction of sp³-hybridized carbons (Fsp3) is 0.200. The summed E-state index contributed by atoms with van der Waals surface area (Å²) in [6.07, 6.45) is -4.57. The Balaban J connectivity index is 2.61. The molecule has 1 aromatic carbocycles. The molecule has 1 unspecified atom stereocenters. The van der Waals surface area contributed by atoms with Gasteiger partial charge in [0.2, 0.25) is 0 Å². The minimum atomic E-state index is -4.57. The number of rotatable bonds is 1. The minimum Gasteiger partial charge on any atom is -0.316 e. The molecular weight excluding hydrogens is 251 g/mol. The van der Waals surface area contributed by atoms with E-state index in [-0.39, 0.29) is 16.6 Å². The number of aromatic nitrogens is 2. The molecule has 0 amide bonds. The third kappa shape index (κ3) is 2.14. The fourth-order valence-corrected chi connectivity index (χ4v) is 1.51. The van der Waals surface area contributed by atoms with Crippen LogP contribution in [0.5, 0.6) is 0 Å². The number of H-pyrrole nitrogens is 2. The van der Waals surface area contributed by atoms with Gasteiger partial charge >= 0.3 is 17.3 Å². The summed E-state index contributed by atoms with van der Waals surface area (Å²) in [5, 5.41) is 0. The van der Waals surface area contributed by atoms with Gasteiger partial charge in [-0.05, 0) is 17.7 Å². The van der Waals surface area contributed by atoms with Gasteiger partial charge in [-0.25, -0.2) is 0 Å². The summed E-state index contributed by atoms with van der Waals surface area (Å²) < 4.78 is 37.3. The summed E-state index contributed by atoms with van der Waals surface area (Å²) >= 11 is 0. The van der Waals surface area contributed by atoms with Crippen LogP contribution < -0.4 is 16.9 Å². The van der Waals surface area contributed by atoms with Crippen molar-refractivity contribution in [1.82, 2.24) is 9.97 Å². The molecule has 0 saturated carbocycles. The highest BCUT2D eigenvalue weighted by atomic mass is 19.4. The van der Waals surface area contributed by atoms with Gasteiger partial charge in [-0.15, -0.1) is 0 Å². The number of alkyl halides is 3. The van der Waals surface area contributed by atoms with Gasteiger partial charge in [0.15, 0.2) is 0 Å². The fourth-order valence-electron chi connectivity index (χ4n) is 1.51. The zero-order valence-corrected chi connectivity index (χ0v) is 8.84. The summed E-state index contributed by atoms with van der Waals surface area (Å²) in [5.41, 5.74) is 3.38. The molecule has 1 heterocycles. The molecule has 1 aromatic heterocycles. The second-order valence-corrected chi connectivity index (χ2v) is 3.73. The summed E-state index contributed by atoms with van der Waals surface area (Å²) in [6.45, 7) is 0. The van der Waals surface area contributed by atoms with E-state index in [2.05, 4.69) is 9.97 Å². The zero-order chi connectivity index (χ0) is 13.5. The highest BCUT2D eigenvalue weighted by molar-refractivity contribution is 5.74. The maximum absolute atomic E-state index is 12.4. The van der Waals surface area contributed by atoms with Gasteiger partial charge in [-0.3, -0.25) is 9.59 Å². The van der Waals surface area contributed by atoms with E-state index in [0.29, 0.717) is 0 Å². The molecule has 1 atom stereocenters. The highest BCUT2D eigenvalue weighted by Gasteiger charge is 2.37. The molecule has 0 spiro atoms. The average molecular weight is 259 g/mol. The van der Waals surface area contributed by atoms with Crippen molar-refractivity contribution in [2.24, 2.45) is 5.73 Å². The third-order valence-electron chi connectivity index (χ3n) is 2.46. The second-order valence-electron chi connectivity index (χ2n) is 3.73. The quantitative estimate of drug-likeness (QED) is 0.661. The number of hydrogen-bond acceptors (Lipinski definition) is 3. The number of benzene rings is 1. The van der Waals surface area contributed by atoms with Crippen LogP contribution in [0.25, 0.3) is 11.0 Å². The first-order valence-corrected chi connectivity index (χ1v) is 4.87. The van der Waals surface area contributed by atoms with Gasteiger partial charge in [0.05, 0.1) is 11.0 Å². The Hall–Kier alpha value is -2.09. The van der Waals surface area contributed by atoms with Crippen LogP contribution in [0.4, 0.5) is 13.2 Å². The predicted molar refractivity (Wildman–Crippen MR) is 58.2 cm³/mol. The van der Waals surface area contributed by atoms with E-state index in [1.807, 2.05) is 0 Å². The van der Waals surface area contributed by atoms with Crippen LogP contribution in [-0.2, 0) is 0 Å². The Morgan fingerprint density at radius 3 is 2.17 bits per heavy atom. The molecule has 0 radical (unpaired) electrons. The van der Waals surface area contributed by atoms with E-state index >= 15 is 0 Å². The molecule has 8 heteroatoms. The van der Waals surface area contributed by atoms with Gasteiger partial charge in [0.1, 0.15) is 6.04 Å². The maximum Gasteiger partial charge on any atom is 0.407 e. The average Bonchev–Trinajstić information content (AvgIpc) is 2.28. The van der Waals surface area contributed by atoms with Crippen LogP contribution in [0.3, 0.4) is 0 Å². The van der Waals surface area contributed by atoms with Crippen molar-refractivity contribution in [2.75, 3.05) is 0 Å². The molecule has 0 fully saturated rings. The van der Waals surface area contributed by atoms with Gasteiger partial charge in [0, 0.05) is 0 Å². The Labute approximate surface area is 97.4 Å². The van der Waals surface area contributed by atoms with Crippen molar-refractivity contribution >= 4 is 11.0 Å². The van der Waals surface area contributed by atoms with Gasteiger partial charge in [-0.1, -0.05) is 6.07 Å². The zero-order valence-electron chi connectivity index (χ0n) is 8.84. The van der Waals surface area contributed by atoms with E-state index in [0.717, 1.165) is 12.1 Å². The minimum absolute atomic E-state index is 0.0943. The molecule has 0 aliphatic heterocycles. The lowest BCUT2D eigenvalue weighted by molar-refractivity contribution is -0.149. The first kappa shape index (κ1) is 12.4. The molecule has 4 N–H and O–H groups in total. The lowest BCUT2D eigenvalue weighted by Gasteiger charge is -2.16. The molecule has 0 saturated heterocycles. The van der Waals surface area contributed by atoms with Crippen LogP contribution in [0.2, 0.25) is 0 Å². The van der Waals surface area contributed by atoms with Gasteiger partial charge < -0.3 is 15.7 Å². The Morgan fingerprint density at radius 1 is 1.06 bits per heavy atom. The monoisotopic (exact) mass is 259 g/mol. The number of nitrogens with two attached hydrogens (primary N) is 1. The number of halogens is 3. The van der Waals surface area contributed by atoms with Gasteiger partial charge in [-0.2, -0.15) is 13.2 Å². The lowest BCUT2D eigenvalue weighted by Crippen LogP contribution is -2.30. The molecule has 2 rings (SSSR count). The standard InChI is InChI=1S/C10H8F3N3O2/c11-10(12,13)7(14)4-1-2-5-6(3-4)16-9(18)8(17)15-5/h1-3,7H,14H2,(H,15,17)(H,16,18). The van der Waals surface area contributed by atoms with Crippen molar-refractivity contribution in [1.29, 1.82) is 0 Å². The van der Waals surface area contributed by atoms with E-state index in [4.69, 9.17) is 5.73 Å². The molecule has 18 heavy (non-hydrogen) atoms. The largest absolute Gasteiger partial charge is 0.407 e. The maximum atomic E-state index is 12.4. The number of fused-ring (bicyclic) bond motifs is 1. The van der Waals surface area contributed by atoms with Crippen molar-refractivity contribution in [3.63, 3.8) is 0 Å². The molecule has 0 bridgehead atoms. The molecule has 96 valence electrons. The lowest BCUT2D eigenvalue weighted by atomic mass is 10.1. The van der Waals surface area contributed by atoms with E-state index < -0.39 is 23.3 Å². The second kappa shape index (κ2) is 3.98. The summed E-state index contributed by atoms with van der Waals surface area (Å²) in [4.78, 5) is 26.5. The van der Waals surface area contributed by atoms with Crippen molar-refractivity contribution in [3.8, 4) is 0 Å². The normalized spacial score (nSPS) is 13.8. The van der Waals surface area contributed by atoms with E-state index in [1.165, 1.54) is 6.07 Å². The van der Waals surface area contributed by atoms with Crippen LogP contribution in [-0.4, -0.2) is 16.1 Å². The van der Waals surface area contributed by atoms with Crippen LogP contribution in [0.1, 0.15) is 11.6 Å². The van der Waals surface area contributed by atoms with E-state index in [9.17, 15) is 22.8 Å². The molecule has 5 nitrogen and oxygen atoms in total. The van der Waals surface area contributed by atoms with Crippen LogP contribution in [0, 0.1) is 0 Å². The number of nitrogens with one attached hydrogen (secondary N) is 2. The number of hydrogen-bond donors (Lipinski definition) is 3. The first-order chi connectivity index (χ1) is 8.29. The van der Waals surface area contributed by atoms with Crippen molar-refractivity contribution in [3.05, 3.63) is 44.5 Å². The molecule has 0 aliphatic rings. The number of aromatic amines is 2. The van der Waals surface area contributed by atoms with Gasteiger partial charge in [0.25, 0.3) is 0 Å². The van der Waals surface area contributed by atoms with E-state index in [1.54, 1.807) is 0 Å². The summed E-state index contributed by atoms with van der Waals surface area (Å²) in [5.74, 6) is 0. The van der Waals surface area contributed by atoms with Crippen LogP contribution in [0.15, 0.2) is 27.8 Å².